The monoisotopic (exact) mass is 396 g/mol. The Balaban J connectivity index is 1.93. The third-order valence-electron chi connectivity index (χ3n) is 4.67. The molecule has 3 rings (SSSR count). The molecule has 0 radical (unpaired) electrons. The Morgan fingerprint density at radius 3 is 2.52 bits per heavy atom. The van der Waals surface area contributed by atoms with E-state index in [1.807, 2.05) is 0 Å². The van der Waals surface area contributed by atoms with Gasteiger partial charge < -0.3 is 20.1 Å². The fourth-order valence-corrected chi connectivity index (χ4v) is 3.13. The van der Waals surface area contributed by atoms with Gasteiger partial charge in [0.05, 0.1) is 13.2 Å². The van der Waals surface area contributed by atoms with Crippen molar-refractivity contribution in [3.8, 4) is 22.6 Å². The van der Waals surface area contributed by atoms with E-state index in [-0.39, 0.29) is 11.3 Å². The van der Waals surface area contributed by atoms with Crippen molar-refractivity contribution < 1.29 is 19.0 Å². The first kappa shape index (κ1) is 20.1. The number of benzene rings is 2. The van der Waals surface area contributed by atoms with Gasteiger partial charge in [-0.05, 0) is 55.8 Å². The molecule has 1 atom stereocenters. The maximum Gasteiger partial charge on any atom is 0.261 e. The number of aromatic hydroxyl groups is 1. The van der Waals surface area contributed by atoms with Crippen LogP contribution in [0.4, 0.5) is 4.39 Å². The molecule has 6 nitrogen and oxygen atoms in total. The van der Waals surface area contributed by atoms with Gasteiger partial charge in [0.1, 0.15) is 22.9 Å². The van der Waals surface area contributed by atoms with E-state index in [2.05, 4.69) is 10.3 Å². The zero-order valence-electron chi connectivity index (χ0n) is 16.2. The number of hydrogen-bond donors (Lipinski definition) is 3. The minimum absolute atomic E-state index is 0.0686. The Hall–Kier alpha value is -3.61. The molecule has 0 aliphatic rings. The molecular formula is C22H21FN2O4. The van der Waals surface area contributed by atoms with Crippen molar-refractivity contribution in [2.45, 2.75) is 19.9 Å². The minimum atomic E-state index is -0.593. The molecule has 0 saturated carbocycles. The summed E-state index contributed by atoms with van der Waals surface area (Å²) < 4.78 is 18.9. The number of methoxy groups -OCH3 is 1. The van der Waals surface area contributed by atoms with E-state index in [1.165, 1.54) is 43.5 Å². The molecule has 1 aromatic heterocycles. The predicted octanol–water partition coefficient (Wildman–Crippen LogP) is 3.69. The van der Waals surface area contributed by atoms with Gasteiger partial charge in [0.25, 0.3) is 11.5 Å². The molecule has 0 bridgehead atoms. The summed E-state index contributed by atoms with van der Waals surface area (Å²) in [5.41, 5.74) is 1.86. The van der Waals surface area contributed by atoms with Crippen LogP contribution in [0, 0.1) is 12.7 Å². The lowest BCUT2D eigenvalue weighted by Crippen LogP contribution is -2.32. The van der Waals surface area contributed by atoms with Crippen LogP contribution < -0.4 is 15.6 Å². The second kappa shape index (κ2) is 8.18. The molecular weight excluding hydrogens is 375 g/mol. The standard InChI is InChI=1S/C22H21FN2O4/c1-12-17(14-4-7-16(26)8-5-14)11-19(21(27)24-12)22(28)25-13(2)18-10-15(23)6-9-20(18)29-3/h4-11,13,26H,1-3H3,(H,24,27)(H,25,28). The van der Waals surface area contributed by atoms with Crippen LogP contribution >= 0.6 is 0 Å². The predicted molar refractivity (Wildman–Crippen MR) is 108 cm³/mol. The topological polar surface area (TPSA) is 91.4 Å². The number of phenols is 1. The van der Waals surface area contributed by atoms with E-state index in [0.717, 1.165) is 5.56 Å². The van der Waals surface area contributed by atoms with Crippen molar-refractivity contribution in [3.63, 3.8) is 0 Å². The summed E-state index contributed by atoms with van der Waals surface area (Å²) in [5.74, 6) is -0.497. The average Bonchev–Trinajstić information content (AvgIpc) is 2.68. The van der Waals surface area contributed by atoms with Gasteiger partial charge in [-0.2, -0.15) is 0 Å². The number of nitrogens with one attached hydrogen (secondary N) is 2. The SMILES string of the molecule is COc1ccc(F)cc1C(C)NC(=O)c1cc(-c2ccc(O)cc2)c(C)[nH]c1=O. The van der Waals surface area contributed by atoms with Crippen molar-refractivity contribution in [1.82, 2.24) is 10.3 Å². The van der Waals surface area contributed by atoms with Gasteiger partial charge in [-0.3, -0.25) is 9.59 Å². The van der Waals surface area contributed by atoms with Crippen molar-refractivity contribution >= 4 is 5.91 Å². The molecule has 0 saturated heterocycles. The summed E-state index contributed by atoms with van der Waals surface area (Å²) >= 11 is 0. The van der Waals surface area contributed by atoms with Gasteiger partial charge in [0, 0.05) is 16.8 Å². The molecule has 3 aromatic rings. The number of rotatable bonds is 5. The van der Waals surface area contributed by atoms with Crippen molar-refractivity contribution in [2.75, 3.05) is 7.11 Å². The lowest BCUT2D eigenvalue weighted by Gasteiger charge is -2.18. The van der Waals surface area contributed by atoms with Gasteiger partial charge >= 0.3 is 0 Å². The van der Waals surface area contributed by atoms with Crippen LogP contribution in [0.3, 0.4) is 0 Å². The highest BCUT2D eigenvalue weighted by atomic mass is 19.1. The number of pyridine rings is 1. The van der Waals surface area contributed by atoms with Crippen molar-refractivity contribution in [3.05, 3.63) is 81.5 Å². The van der Waals surface area contributed by atoms with Crippen molar-refractivity contribution in [2.24, 2.45) is 0 Å². The highest BCUT2D eigenvalue weighted by Crippen LogP contribution is 2.27. The summed E-state index contributed by atoms with van der Waals surface area (Å²) in [6.07, 6.45) is 0. The molecule has 1 amide bonds. The summed E-state index contributed by atoms with van der Waals surface area (Å²) in [7, 11) is 1.46. The van der Waals surface area contributed by atoms with Crippen LogP contribution in [0.25, 0.3) is 11.1 Å². The third-order valence-corrected chi connectivity index (χ3v) is 4.67. The van der Waals surface area contributed by atoms with Gasteiger partial charge in [0.2, 0.25) is 0 Å². The molecule has 0 aliphatic heterocycles. The zero-order chi connectivity index (χ0) is 21.1. The number of ether oxygens (including phenoxy) is 1. The van der Waals surface area contributed by atoms with Crippen LogP contribution in [-0.2, 0) is 0 Å². The fraction of sp³-hybridized carbons (Fsp3) is 0.182. The van der Waals surface area contributed by atoms with Crippen LogP contribution in [-0.4, -0.2) is 23.1 Å². The van der Waals surface area contributed by atoms with Crippen molar-refractivity contribution in [1.29, 1.82) is 0 Å². The number of amides is 1. The molecule has 0 spiro atoms. The van der Waals surface area contributed by atoms with Crippen LogP contribution in [0.2, 0.25) is 0 Å². The van der Waals surface area contributed by atoms with Gasteiger partial charge in [-0.1, -0.05) is 12.1 Å². The van der Waals surface area contributed by atoms with E-state index in [9.17, 15) is 19.1 Å². The summed E-state index contributed by atoms with van der Waals surface area (Å²) in [6, 6.07) is 11.4. The van der Waals surface area contributed by atoms with Crippen LogP contribution in [0.5, 0.6) is 11.5 Å². The smallest absolute Gasteiger partial charge is 0.261 e. The van der Waals surface area contributed by atoms with E-state index in [0.29, 0.717) is 22.6 Å². The Morgan fingerprint density at radius 1 is 1.17 bits per heavy atom. The molecule has 0 fully saturated rings. The summed E-state index contributed by atoms with van der Waals surface area (Å²) in [6.45, 7) is 3.41. The maximum absolute atomic E-state index is 13.6. The number of phenolic OH excluding ortho intramolecular Hbond substituents is 1. The molecule has 150 valence electrons. The number of aryl methyl sites for hydroxylation is 1. The first-order valence-corrected chi connectivity index (χ1v) is 8.97. The highest BCUT2D eigenvalue weighted by molar-refractivity contribution is 5.95. The molecule has 0 aliphatic carbocycles. The van der Waals surface area contributed by atoms with E-state index < -0.39 is 23.3 Å². The molecule has 1 heterocycles. The number of carbonyl (C=O) groups excluding carboxylic acids is 1. The molecule has 29 heavy (non-hydrogen) atoms. The molecule has 2 aromatic carbocycles. The minimum Gasteiger partial charge on any atom is -0.508 e. The number of H-pyrrole nitrogens is 1. The number of halogens is 1. The van der Waals surface area contributed by atoms with Gasteiger partial charge in [-0.25, -0.2) is 4.39 Å². The summed E-state index contributed by atoms with van der Waals surface area (Å²) in [5, 5.41) is 12.2. The van der Waals surface area contributed by atoms with Gasteiger partial charge in [-0.15, -0.1) is 0 Å². The largest absolute Gasteiger partial charge is 0.508 e. The Kier molecular flexibility index (Phi) is 5.68. The Bertz CT molecular complexity index is 1110. The first-order valence-electron chi connectivity index (χ1n) is 8.97. The number of carbonyl (C=O) groups is 1. The van der Waals surface area contributed by atoms with E-state index in [4.69, 9.17) is 4.74 Å². The number of hydrogen-bond acceptors (Lipinski definition) is 4. The lowest BCUT2D eigenvalue weighted by molar-refractivity contribution is 0.0938. The zero-order valence-corrected chi connectivity index (χ0v) is 16.2. The second-order valence-corrected chi connectivity index (χ2v) is 6.68. The van der Waals surface area contributed by atoms with E-state index in [1.54, 1.807) is 26.0 Å². The number of aromatic nitrogens is 1. The molecule has 1 unspecified atom stereocenters. The Labute approximate surface area is 167 Å². The van der Waals surface area contributed by atoms with Crippen LogP contribution in [0.15, 0.2) is 53.3 Å². The Morgan fingerprint density at radius 2 is 1.86 bits per heavy atom. The number of aromatic amines is 1. The average molecular weight is 396 g/mol. The summed E-state index contributed by atoms with van der Waals surface area (Å²) in [4.78, 5) is 27.8. The lowest BCUT2D eigenvalue weighted by atomic mass is 10.0. The van der Waals surface area contributed by atoms with E-state index >= 15 is 0 Å². The highest BCUT2D eigenvalue weighted by Gasteiger charge is 2.19. The van der Waals surface area contributed by atoms with Gasteiger partial charge in [0.15, 0.2) is 0 Å². The molecule has 7 heteroatoms. The second-order valence-electron chi connectivity index (χ2n) is 6.68. The maximum atomic E-state index is 13.6. The quantitative estimate of drug-likeness (QED) is 0.613. The fourth-order valence-electron chi connectivity index (χ4n) is 3.13. The third kappa shape index (κ3) is 4.29. The first-order chi connectivity index (χ1) is 13.8. The van der Waals surface area contributed by atoms with Crippen LogP contribution in [0.1, 0.15) is 34.6 Å². The normalized spacial score (nSPS) is 11.7. The molecule has 3 N–H and O–H groups in total.